The highest BCUT2D eigenvalue weighted by atomic mass is 31.2. The van der Waals surface area contributed by atoms with E-state index in [1.165, 1.54) is 19.3 Å². The molecule has 0 heterocycles. The second kappa shape index (κ2) is 5.29. The summed E-state index contributed by atoms with van der Waals surface area (Å²) in [6.45, 7) is 3.49. The summed E-state index contributed by atoms with van der Waals surface area (Å²) in [5, 5.41) is 0. The van der Waals surface area contributed by atoms with Crippen LogP contribution in [0.4, 0.5) is 0 Å². The van der Waals surface area contributed by atoms with Gasteiger partial charge in [-0.3, -0.25) is 4.57 Å². The Balaban J connectivity index is 2.88. The lowest BCUT2D eigenvalue weighted by molar-refractivity contribution is 0.491. The number of hydrogen-bond acceptors (Lipinski definition) is 1. The van der Waals surface area contributed by atoms with Crippen LogP contribution < -0.4 is 0 Å². The minimum Gasteiger partial charge on any atom is -0.296 e. The first-order chi connectivity index (χ1) is 6.73. The van der Waals surface area contributed by atoms with E-state index in [0.717, 1.165) is 12.8 Å². The van der Waals surface area contributed by atoms with Gasteiger partial charge >= 0.3 is 0 Å². The lowest BCUT2D eigenvalue weighted by atomic mass is 10.0. The molecule has 0 saturated heterocycles. The molecule has 1 fully saturated rings. The molecule has 0 spiro atoms. The van der Waals surface area contributed by atoms with Crippen LogP contribution in [0, 0.1) is 23.2 Å². The molecule has 1 aliphatic rings. The Kier molecular flexibility index (Phi) is 4.31. The second-order valence-electron chi connectivity index (χ2n) is 3.67. The van der Waals surface area contributed by atoms with Crippen LogP contribution in [0.15, 0.2) is 0 Å². The third-order valence-corrected chi connectivity index (χ3v) is 5.30. The zero-order valence-electron chi connectivity index (χ0n) is 8.97. The van der Waals surface area contributed by atoms with E-state index in [-0.39, 0.29) is 5.66 Å². The molecule has 0 radical (unpaired) electrons. The van der Waals surface area contributed by atoms with Crippen molar-refractivity contribution >= 4 is 7.14 Å². The van der Waals surface area contributed by atoms with Gasteiger partial charge in [-0.1, -0.05) is 31.1 Å². The summed E-state index contributed by atoms with van der Waals surface area (Å²) in [6, 6.07) is 0. The van der Waals surface area contributed by atoms with Gasteiger partial charge in [0.05, 0.1) is 0 Å². The van der Waals surface area contributed by atoms with Gasteiger partial charge in [0.25, 0.3) is 0 Å². The van der Waals surface area contributed by atoms with E-state index >= 15 is 0 Å². The predicted octanol–water partition coefficient (Wildman–Crippen LogP) is 3.64. The summed E-state index contributed by atoms with van der Waals surface area (Å²) in [4.78, 5) is 0. The Labute approximate surface area is 87.0 Å². The summed E-state index contributed by atoms with van der Waals surface area (Å²) in [6.07, 6.45) is 5.73. The molecule has 1 nitrogen and oxygen atoms in total. The second-order valence-corrected chi connectivity index (χ2v) is 6.17. The number of hydrogen-bond donors (Lipinski definition) is 0. The van der Waals surface area contributed by atoms with Gasteiger partial charge in [-0.15, -0.1) is 0 Å². The summed E-state index contributed by atoms with van der Waals surface area (Å²) in [7, 11) is -2.52. The van der Waals surface area contributed by atoms with E-state index in [1.54, 1.807) is 13.8 Å². The van der Waals surface area contributed by atoms with Gasteiger partial charge in [-0.05, 0) is 38.0 Å². The summed E-state index contributed by atoms with van der Waals surface area (Å²) >= 11 is 0. The van der Waals surface area contributed by atoms with E-state index in [2.05, 4.69) is 23.2 Å². The molecule has 0 aromatic rings. The fourth-order valence-corrected chi connectivity index (χ4v) is 4.17. The van der Waals surface area contributed by atoms with Crippen LogP contribution in [-0.4, -0.2) is 5.66 Å². The van der Waals surface area contributed by atoms with Crippen LogP contribution in [0.2, 0.25) is 0 Å². The molecular formula is C12H17OP. The maximum Gasteiger partial charge on any atom is 0.225 e. The predicted molar refractivity (Wildman–Crippen MR) is 61.4 cm³/mol. The topological polar surface area (TPSA) is 17.1 Å². The maximum atomic E-state index is 12.4. The molecule has 0 aliphatic heterocycles. The van der Waals surface area contributed by atoms with E-state index < -0.39 is 7.14 Å². The Hall–Kier alpha value is -0.650. The van der Waals surface area contributed by atoms with Gasteiger partial charge in [-0.25, -0.2) is 0 Å². The van der Waals surface area contributed by atoms with Gasteiger partial charge in [-0.2, -0.15) is 0 Å². The van der Waals surface area contributed by atoms with Crippen molar-refractivity contribution in [3.8, 4) is 23.2 Å². The quantitative estimate of drug-likeness (QED) is 0.475. The minimum absolute atomic E-state index is 0.246. The van der Waals surface area contributed by atoms with Crippen LogP contribution in [-0.2, 0) is 4.57 Å². The normalized spacial score (nSPS) is 17.6. The van der Waals surface area contributed by atoms with Gasteiger partial charge < -0.3 is 0 Å². The van der Waals surface area contributed by atoms with Crippen LogP contribution >= 0.6 is 7.14 Å². The molecule has 0 amide bonds. The average molecular weight is 208 g/mol. The summed E-state index contributed by atoms with van der Waals surface area (Å²) < 4.78 is 12.4. The van der Waals surface area contributed by atoms with Gasteiger partial charge in [0, 0.05) is 5.66 Å². The Morgan fingerprint density at radius 3 is 1.93 bits per heavy atom. The molecule has 0 unspecified atom stereocenters. The van der Waals surface area contributed by atoms with E-state index in [1.807, 2.05) is 0 Å². The number of rotatable bonds is 1. The van der Waals surface area contributed by atoms with Gasteiger partial charge in [0.15, 0.2) is 0 Å². The molecule has 76 valence electrons. The molecule has 2 heteroatoms. The minimum atomic E-state index is -2.52. The molecular weight excluding hydrogens is 191 g/mol. The first-order valence-electron chi connectivity index (χ1n) is 5.20. The zero-order valence-corrected chi connectivity index (χ0v) is 9.86. The molecule has 14 heavy (non-hydrogen) atoms. The molecule has 0 N–H and O–H groups in total. The summed E-state index contributed by atoms with van der Waals surface area (Å²) in [5.74, 6) is 5.55. The van der Waals surface area contributed by atoms with Gasteiger partial charge in [0.1, 0.15) is 0 Å². The fourth-order valence-electron chi connectivity index (χ4n) is 1.99. The van der Waals surface area contributed by atoms with Crippen molar-refractivity contribution in [2.75, 3.05) is 0 Å². The zero-order chi connectivity index (χ0) is 10.4. The molecule has 0 aromatic carbocycles. The summed E-state index contributed by atoms with van der Waals surface area (Å²) in [5.41, 5.74) is 5.97. The maximum absolute atomic E-state index is 12.4. The molecule has 0 bridgehead atoms. The average Bonchev–Trinajstić information content (AvgIpc) is 2.20. The highest BCUT2D eigenvalue weighted by molar-refractivity contribution is 7.74. The van der Waals surface area contributed by atoms with Crippen LogP contribution in [0.3, 0.4) is 0 Å². The van der Waals surface area contributed by atoms with E-state index in [4.69, 9.17) is 0 Å². The monoisotopic (exact) mass is 208 g/mol. The van der Waals surface area contributed by atoms with Crippen molar-refractivity contribution in [3.05, 3.63) is 0 Å². The lowest BCUT2D eigenvalue weighted by Gasteiger charge is -2.23. The van der Waals surface area contributed by atoms with Crippen molar-refractivity contribution in [2.24, 2.45) is 0 Å². The van der Waals surface area contributed by atoms with Gasteiger partial charge in [0.2, 0.25) is 7.14 Å². The SMILES string of the molecule is CC#CP(=O)(C#CC)C1CCCCC1. The van der Waals surface area contributed by atoms with Crippen LogP contribution in [0.5, 0.6) is 0 Å². The first-order valence-corrected chi connectivity index (χ1v) is 6.98. The Morgan fingerprint density at radius 1 is 1.00 bits per heavy atom. The lowest BCUT2D eigenvalue weighted by Crippen LogP contribution is -2.11. The molecule has 0 aromatic heterocycles. The molecule has 0 atom stereocenters. The molecule has 1 aliphatic carbocycles. The van der Waals surface area contributed by atoms with Crippen molar-refractivity contribution in [2.45, 2.75) is 51.6 Å². The molecule has 1 rings (SSSR count). The fraction of sp³-hybridized carbons (Fsp3) is 0.667. The van der Waals surface area contributed by atoms with Crippen LogP contribution in [0.25, 0.3) is 0 Å². The first kappa shape index (κ1) is 11.4. The Morgan fingerprint density at radius 2 is 1.50 bits per heavy atom. The van der Waals surface area contributed by atoms with E-state index in [9.17, 15) is 4.57 Å². The smallest absolute Gasteiger partial charge is 0.225 e. The van der Waals surface area contributed by atoms with Crippen molar-refractivity contribution in [1.29, 1.82) is 0 Å². The third kappa shape index (κ3) is 2.67. The third-order valence-electron chi connectivity index (χ3n) is 2.64. The van der Waals surface area contributed by atoms with Crippen molar-refractivity contribution in [1.82, 2.24) is 0 Å². The highest BCUT2D eigenvalue weighted by Gasteiger charge is 2.30. The highest BCUT2D eigenvalue weighted by Crippen LogP contribution is 2.53. The van der Waals surface area contributed by atoms with E-state index in [0.29, 0.717) is 0 Å². The Bertz CT molecular complexity index is 318. The van der Waals surface area contributed by atoms with Crippen molar-refractivity contribution in [3.63, 3.8) is 0 Å². The molecule has 1 saturated carbocycles. The van der Waals surface area contributed by atoms with Crippen molar-refractivity contribution < 1.29 is 4.57 Å². The standard InChI is InChI=1S/C12H17OP/c1-3-10-14(13,11-4-2)12-8-6-5-7-9-12/h12H,5-9H2,1-2H3. The largest absolute Gasteiger partial charge is 0.296 e. The van der Waals surface area contributed by atoms with Crippen LogP contribution in [0.1, 0.15) is 46.0 Å².